The average molecular weight is 500 g/mol. The first-order valence-electron chi connectivity index (χ1n) is 14.1. The summed E-state index contributed by atoms with van der Waals surface area (Å²) in [6, 6.07) is 17.5. The number of hydrogen-bond acceptors (Lipinski definition) is 5. The van der Waals surface area contributed by atoms with Crippen molar-refractivity contribution in [1.82, 2.24) is 4.90 Å². The van der Waals surface area contributed by atoms with Crippen LogP contribution in [0, 0.1) is 23.7 Å². The Hall–Kier alpha value is -2.54. The summed E-state index contributed by atoms with van der Waals surface area (Å²) in [6.45, 7) is 0.361. The van der Waals surface area contributed by atoms with Crippen LogP contribution in [0.5, 0.6) is 0 Å². The Morgan fingerprint density at radius 2 is 1.27 bits per heavy atom. The summed E-state index contributed by atoms with van der Waals surface area (Å²) in [4.78, 5) is 40.5. The lowest BCUT2D eigenvalue weighted by molar-refractivity contribution is -0.390. The van der Waals surface area contributed by atoms with E-state index in [0.29, 0.717) is 42.3 Å². The molecule has 2 heterocycles. The number of rotatable bonds is 3. The van der Waals surface area contributed by atoms with E-state index in [2.05, 4.69) is 12.1 Å². The highest BCUT2D eigenvalue weighted by Crippen LogP contribution is 2.64. The van der Waals surface area contributed by atoms with Crippen molar-refractivity contribution in [3.05, 3.63) is 71.3 Å². The Balaban J connectivity index is 1.07. The van der Waals surface area contributed by atoms with Crippen molar-refractivity contribution in [1.29, 1.82) is 0 Å². The molecule has 2 aliphatic heterocycles. The SMILES string of the molecule is O=C1c2ccccc2C(=O)N1CC1(c2ccccc2)CCC2(CC1)OOC1(O2)C2CC3CC(C2)CC1C3. The molecule has 7 aliphatic rings. The molecule has 37 heavy (non-hydrogen) atoms. The number of nitrogens with zero attached hydrogens (tertiary/aromatic N) is 1. The second kappa shape index (κ2) is 7.75. The molecule has 2 spiro atoms. The minimum absolute atomic E-state index is 0.194. The van der Waals surface area contributed by atoms with E-state index >= 15 is 0 Å². The van der Waals surface area contributed by atoms with Gasteiger partial charge in [0.1, 0.15) is 0 Å². The summed E-state index contributed by atoms with van der Waals surface area (Å²) in [6.07, 6.45) is 9.03. The zero-order valence-electron chi connectivity index (χ0n) is 21.1. The predicted molar refractivity (Wildman–Crippen MR) is 134 cm³/mol. The van der Waals surface area contributed by atoms with E-state index in [1.807, 2.05) is 30.3 Å². The van der Waals surface area contributed by atoms with Gasteiger partial charge in [-0.3, -0.25) is 14.5 Å². The van der Waals surface area contributed by atoms with E-state index in [1.165, 1.54) is 37.0 Å². The molecular formula is C31H33NO5. The second-order valence-electron chi connectivity index (χ2n) is 12.6. The summed E-state index contributed by atoms with van der Waals surface area (Å²) >= 11 is 0. The Morgan fingerprint density at radius 1 is 0.703 bits per heavy atom. The number of amides is 2. The number of imide groups is 1. The Kier molecular flexibility index (Phi) is 4.70. The third-order valence-corrected chi connectivity index (χ3v) is 10.6. The van der Waals surface area contributed by atoms with Crippen LogP contribution in [0.1, 0.15) is 84.1 Å². The predicted octanol–water partition coefficient (Wildman–Crippen LogP) is 5.62. The molecule has 6 nitrogen and oxygen atoms in total. The summed E-state index contributed by atoms with van der Waals surface area (Å²) in [5.41, 5.74) is 1.81. The maximum atomic E-state index is 13.3. The minimum Gasteiger partial charge on any atom is -0.312 e. The molecule has 2 aromatic carbocycles. The van der Waals surface area contributed by atoms with E-state index in [1.54, 1.807) is 12.1 Å². The Bertz CT molecular complexity index is 1200. The van der Waals surface area contributed by atoms with Crippen LogP contribution in [0.4, 0.5) is 0 Å². The fraction of sp³-hybridized carbons (Fsp3) is 0.548. The lowest BCUT2D eigenvalue weighted by Gasteiger charge is -2.57. The number of ether oxygens (including phenoxy) is 1. The highest BCUT2D eigenvalue weighted by Gasteiger charge is 2.67. The zero-order valence-corrected chi connectivity index (χ0v) is 21.1. The van der Waals surface area contributed by atoms with Gasteiger partial charge in [0.15, 0.2) is 0 Å². The fourth-order valence-corrected chi connectivity index (χ4v) is 8.92. The highest BCUT2D eigenvalue weighted by atomic mass is 17.3. The van der Waals surface area contributed by atoms with Crippen molar-refractivity contribution in [3.8, 4) is 0 Å². The quantitative estimate of drug-likeness (QED) is 0.405. The summed E-state index contributed by atoms with van der Waals surface area (Å²) in [5.74, 6) is 0.811. The van der Waals surface area contributed by atoms with Gasteiger partial charge >= 0.3 is 0 Å². The number of hydrogen-bond donors (Lipinski definition) is 0. The van der Waals surface area contributed by atoms with Crippen molar-refractivity contribution in [3.63, 3.8) is 0 Å². The molecule has 1 saturated heterocycles. The van der Waals surface area contributed by atoms with Crippen LogP contribution >= 0.6 is 0 Å². The Morgan fingerprint density at radius 3 is 1.86 bits per heavy atom. The molecule has 192 valence electrons. The third-order valence-electron chi connectivity index (χ3n) is 10.6. The minimum atomic E-state index is -0.740. The second-order valence-corrected chi connectivity index (χ2v) is 12.6. The largest absolute Gasteiger partial charge is 0.312 e. The van der Waals surface area contributed by atoms with E-state index in [-0.39, 0.29) is 17.2 Å². The molecule has 2 amide bonds. The molecule has 0 unspecified atom stereocenters. The highest BCUT2D eigenvalue weighted by molar-refractivity contribution is 6.21. The van der Waals surface area contributed by atoms with Gasteiger partial charge in [-0.1, -0.05) is 42.5 Å². The standard InChI is InChI=1S/C31H33NO5/c33-27-25-8-4-5-9-26(25)28(34)32(27)19-29(22-6-2-1-3-7-22)10-12-30(13-11-29)35-31(37-36-30)23-15-20-14-21(17-23)18-24(31)16-20/h1-9,20-21,23-24H,10-19H2. The fourth-order valence-electron chi connectivity index (χ4n) is 8.92. The number of carbonyl (C=O) groups is 2. The van der Waals surface area contributed by atoms with Crippen LogP contribution in [-0.2, 0) is 19.9 Å². The average Bonchev–Trinajstić information content (AvgIpc) is 3.41. The number of benzene rings is 2. The van der Waals surface area contributed by atoms with Crippen molar-refractivity contribution in [2.24, 2.45) is 23.7 Å². The lowest BCUT2D eigenvalue weighted by atomic mass is 9.53. The van der Waals surface area contributed by atoms with E-state index in [9.17, 15) is 9.59 Å². The van der Waals surface area contributed by atoms with E-state index < -0.39 is 11.6 Å². The smallest absolute Gasteiger partial charge is 0.261 e. The lowest BCUT2D eigenvalue weighted by Crippen LogP contribution is -2.59. The normalized spacial score (nSPS) is 41.8. The molecular weight excluding hydrogens is 466 g/mol. The van der Waals surface area contributed by atoms with E-state index in [0.717, 1.165) is 30.2 Å². The molecule has 4 bridgehead atoms. The molecule has 0 N–H and O–H groups in total. The number of carbonyl (C=O) groups excluding carboxylic acids is 2. The van der Waals surface area contributed by atoms with Gasteiger partial charge in [0.05, 0.1) is 11.1 Å². The van der Waals surface area contributed by atoms with Crippen molar-refractivity contribution >= 4 is 11.8 Å². The van der Waals surface area contributed by atoms with Crippen LogP contribution in [-0.4, -0.2) is 34.8 Å². The van der Waals surface area contributed by atoms with Gasteiger partial charge in [-0.15, -0.1) is 0 Å². The first-order chi connectivity index (χ1) is 18.0. The third kappa shape index (κ3) is 3.15. The van der Waals surface area contributed by atoms with Gasteiger partial charge in [-0.2, -0.15) is 9.78 Å². The number of fused-ring (bicyclic) bond motifs is 1. The van der Waals surface area contributed by atoms with Gasteiger partial charge in [0, 0.05) is 36.6 Å². The van der Waals surface area contributed by atoms with Gasteiger partial charge in [0.25, 0.3) is 11.8 Å². The topological polar surface area (TPSA) is 65.1 Å². The maximum Gasteiger partial charge on any atom is 0.261 e. The molecule has 0 radical (unpaired) electrons. The van der Waals surface area contributed by atoms with Gasteiger partial charge in [-0.05, 0) is 74.5 Å². The van der Waals surface area contributed by atoms with Crippen LogP contribution in [0.15, 0.2) is 54.6 Å². The van der Waals surface area contributed by atoms with Crippen LogP contribution in [0.2, 0.25) is 0 Å². The molecule has 6 heteroatoms. The van der Waals surface area contributed by atoms with Gasteiger partial charge < -0.3 is 4.74 Å². The molecule has 2 aromatic rings. The first-order valence-corrected chi connectivity index (χ1v) is 14.1. The van der Waals surface area contributed by atoms with Crippen LogP contribution in [0.25, 0.3) is 0 Å². The molecule has 5 saturated carbocycles. The van der Waals surface area contributed by atoms with Crippen LogP contribution in [0.3, 0.4) is 0 Å². The molecule has 6 fully saturated rings. The van der Waals surface area contributed by atoms with Crippen LogP contribution < -0.4 is 0 Å². The molecule has 5 aliphatic carbocycles. The molecule has 0 atom stereocenters. The van der Waals surface area contributed by atoms with E-state index in [4.69, 9.17) is 14.5 Å². The molecule has 0 aromatic heterocycles. The Labute approximate surface area is 217 Å². The van der Waals surface area contributed by atoms with Crippen molar-refractivity contribution in [2.75, 3.05) is 6.54 Å². The summed E-state index contributed by atoms with van der Waals surface area (Å²) in [5, 5.41) is 0. The van der Waals surface area contributed by atoms with Gasteiger partial charge in [-0.25, -0.2) is 0 Å². The summed E-state index contributed by atoms with van der Waals surface area (Å²) < 4.78 is 6.95. The zero-order chi connectivity index (χ0) is 24.8. The maximum absolute atomic E-state index is 13.3. The summed E-state index contributed by atoms with van der Waals surface area (Å²) in [7, 11) is 0. The first kappa shape index (κ1) is 22.4. The van der Waals surface area contributed by atoms with Crippen molar-refractivity contribution < 1.29 is 24.1 Å². The monoisotopic (exact) mass is 499 g/mol. The van der Waals surface area contributed by atoms with Crippen molar-refractivity contribution in [2.45, 2.75) is 74.8 Å². The van der Waals surface area contributed by atoms with Gasteiger partial charge in [0.2, 0.25) is 11.6 Å². The molecule has 9 rings (SSSR count).